The molecule has 2 heterocycles. The van der Waals surface area contributed by atoms with Gasteiger partial charge in [-0.15, -0.1) is 0 Å². The summed E-state index contributed by atoms with van der Waals surface area (Å²) in [6.07, 6.45) is 3.66. The van der Waals surface area contributed by atoms with Crippen molar-refractivity contribution in [1.82, 2.24) is 4.90 Å². The van der Waals surface area contributed by atoms with Gasteiger partial charge in [0, 0.05) is 13.0 Å². The number of phenolic OH excluding ortho intramolecular Hbond substituents is 1. The summed E-state index contributed by atoms with van der Waals surface area (Å²) in [5.74, 6) is -1.95. The molecule has 0 unspecified atom stereocenters. The van der Waals surface area contributed by atoms with Crippen LogP contribution in [-0.2, 0) is 23.8 Å². The molecule has 9 nitrogen and oxygen atoms in total. The summed E-state index contributed by atoms with van der Waals surface area (Å²) in [7, 11) is 4.29. The highest BCUT2D eigenvalue weighted by atomic mass is 127. The van der Waals surface area contributed by atoms with Gasteiger partial charge in [0.05, 0.1) is 48.9 Å². The molecule has 3 aliphatic rings. The first-order valence-corrected chi connectivity index (χ1v) is 13.4. The average Bonchev–Trinajstić information content (AvgIpc) is 3.42. The van der Waals surface area contributed by atoms with E-state index in [1.54, 1.807) is 7.11 Å². The minimum absolute atomic E-state index is 0.127. The Morgan fingerprint density at radius 1 is 1.22 bits per heavy atom. The first-order chi connectivity index (χ1) is 17.7. The van der Waals surface area contributed by atoms with Crippen LogP contribution in [0.1, 0.15) is 38.2 Å². The number of allylic oxidation sites excluding steroid dienone is 1. The van der Waals surface area contributed by atoms with Crippen LogP contribution in [0.25, 0.3) is 6.08 Å². The molecule has 4 atom stereocenters. The second kappa shape index (κ2) is 11.5. The number of imide groups is 3. The third-order valence-electron chi connectivity index (χ3n) is 7.51. The number of aromatic hydroxyl groups is 1. The molecule has 1 aromatic rings. The number of rotatable bonds is 8. The van der Waals surface area contributed by atoms with E-state index in [0.717, 1.165) is 36.7 Å². The van der Waals surface area contributed by atoms with E-state index >= 15 is 0 Å². The SMILES string of the molecule is CC/C(=C\c1cc(I)c(O)c(OC)c1)CC[C@H]1OC[C@H]2C1=C(COC)C[C@H]1C(=O)N(C(=O)OC)C(=O)[C@H]12. The van der Waals surface area contributed by atoms with Gasteiger partial charge in [-0.1, -0.05) is 18.6 Å². The third kappa shape index (κ3) is 5.15. The summed E-state index contributed by atoms with van der Waals surface area (Å²) < 4.78 is 22.4. The second-order valence-electron chi connectivity index (χ2n) is 9.49. The summed E-state index contributed by atoms with van der Waals surface area (Å²) in [5.41, 5.74) is 4.16. The van der Waals surface area contributed by atoms with Crippen LogP contribution in [0.4, 0.5) is 4.79 Å². The lowest BCUT2D eigenvalue weighted by Gasteiger charge is -2.31. The van der Waals surface area contributed by atoms with Crippen molar-refractivity contribution in [2.75, 3.05) is 34.5 Å². The maximum atomic E-state index is 13.1. The summed E-state index contributed by atoms with van der Waals surface area (Å²) in [6, 6.07) is 3.72. The van der Waals surface area contributed by atoms with Gasteiger partial charge in [0.1, 0.15) is 0 Å². The van der Waals surface area contributed by atoms with Gasteiger partial charge in [0.25, 0.3) is 0 Å². The fourth-order valence-electron chi connectivity index (χ4n) is 5.79. The van der Waals surface area contributed by atoms with Crippen LogP contribution >= 0.6 is 22.6 Å². The van der Waals surface area contributed by atoms with Gasteiger partial charge in [-0.05, 0) is 77.1 Å². The van der Waals surface area contributed by atoms with E-state index in [1.165, 1.54) is 12.7 Å². The van der Waals surface area contributed by atoms with Crippen LogP contribution in [0, 0.1) is 21.3 Å². The Morgan fingerprint density at radius 2 is 1.97 bits per heavy atom. The van der Waals surface area contributed by atoms with E-state index in [1.807, 2.05) is 12.1 Å². The van der Waals surface area contributed by atoms with Crippen molar-refractivity contribution in [1.29, 1.82) is 0 Å². The Kier molecular flexibility index (Phi) is 8.59. The number of carbonyl (C=O) groups is 3. The van der Waals surface area contributed by atoms with Crippen molar-refractivity contribution in [3.8, 4) is 11.5 Å². The van der Waals surface area contributed by atoms with E-state index in [2.05, 4.69) is 40.3 Å². The van der Waals surface area contributed by atoms with Crippen molar-refractivity contribution in [3.63, 3.8) is 0 Å². The summed E-state index contributed by atoms with van der Waals surface area (Å²) in [5, 5.41) is 10.1. The molecule has 1 aliphatic carbocycles. The molecule has 0 spiro atoms. The topological polar surface area (TPSA) is 112 Å². The molecule has 1 N–H and O–H groups in total. The molecular weight excluding hydrogens is 593 g/mol. The van der Waals surface area contributed by atoms with Crippen LogP contribution < -0.4 is 4.74 Å². The lowest BCUT2D eigenvalue weighted by Crippen LogP contribution is -2.38. The highest BCUT2D eigenvalue weighted by Gasteiger charge is 2.58. The second-order valence-corrected chi connectivity index (χ2v) is 10.6. The predicted octanol–water partition coefficient (Wildman–Crippen LogP) is 4.31. The largest absolute Gasteiger partial charge is 0.504 e. The monoisotopic (exact) mass is 625 g/mol. The lowest BCUT2D eigenvalue weighted by atomic mass is 9.69. The zero-order chi connectivity index (χ0) is 26.9. The molecule has 0 aromatic heterocycles. The Labute approximate surface area is 229 Å². The molecule has 0 saturated carbocycles. The van der Waals surface area contributed by atoms with Crippen LogP contribution in [0.3, 0.4) is 0 Å². The van der Waals surface area contributed by atoms with Gasteiger partial charge in [-0.25, -0.2) is 4.79 Å². The number of hydrogen-bond acceptors (Lipinski definition) is 8. The molecule has 10 heteroatoms. The van der Waals surface area contributed by atoms with Crippen molar-refractivity contribution in [3.05, 3.63) is 38.0 Å². The highest BCUT2D eigenvalue weighted by Crippen LogP contribution is 2.50. The number of methoxy groups -OCH3 is 3. The van der Waals surface area contributed by atoms with Gasteiger partial charge in [0.2, 0.25) is 11.8 Å². The maximum Gasteiger partial charge on any atom is 0.423 e. The maximum absolute atomic E-state index is 13.1. The van der Waals surface area contributed by atoms with Crippen molar-refractivity contribution in [2.45, 2.75) is 38.7 Å². The van der Waals surface area contributed by atoms with E-state index in [4.69, 9.17) is 14.2 Å². The van der Waals surface area contributed by atoms with Crippen LogP contribution in [0.2, 0.25) is 0 Å². The first-order valence-electron chi connectivity index (χ1n) is 12.3. The minimum atomic E-state index is -0.937. The fourth-order valence-corrected chi connectivity index (χ4v) is 6.41. The number of nitrogens with zero attached hydrogens (tertiary/aromatic N) is 1. The smallest absolute Gasteiger partial charge is 0.423 e. The number of fused-ring (bicyclic) bond motifs is 3. The first kappa shape index (κ1) is 27.6. The molecule has 4 rings (SSSR count). The Morgan fingerprint density at radius 3 is 2.62 bits per heavy atom. The van der Waals surface area contributed by atoms with Gasteiger partial charge in [-0.3, -0.25) is 9.59 Å². The number of ether oxygens (including phenoxy) is 4. The summed E-state index contributed by atoms with van der Waals surface area (Å²) in [6.45, 7) is 2.76. The average molecular weight is 625 g/mol. The molecule has 37 heavy (non-hydrogen) atoms. The van der Waals surface area contributed by atoms with Gasteiger partial charge < -0.3 is 24.1 Å². The summed E-state index contributed by atoms with van der Waals surface area (Å²) >= 11 is 2.08. The molecule has 2 fully saturated rings. The highest BCUT2D eigenvalue weighted by molar-refractivity contribution is 14.1. The number of halogens is 1. The molecule has 2 aliphatic heterocycles. The zero-order valence-corrected chi connectivity index (χ0v) is 23.6. The van der Waals surface area contributed by atoms with Crippen LogP contribution in [0.5, 0.6) is 11.5 Å². The fraction of sp³-hybridized carbons (Fsp3) is 0.519. The predicted molar refractivity (Wildman–Crippen MR) is 143 cm³/mol. The molecule has 1 aromatic carbocycles. The Balaban J connectivity index is 1.56. The van der Waals surface area contributed by atoms with E-state index in [9.17, 15) is 19.5 Å². The van der Waals surface area contributed by atoms with E-state index in [-0.39, 0.29) is 17.8 Å². The van der Waals surface area contributed by atoms with Crippen LogP contribution in [-0.4, -0.2) is 68.6 Å². The zero-order valence-electron chi connectivity index (χ0n) is 21.4. The van der Waals surface area contributed by atoms with Gasteiger partial charge >= 0.3 is 6.09 Å². The molecule has 2 saturated heterocycles. The molecule has 200 valence electrons. The Hall–Kier alpha value is -2.44. The summed E-state index contributed by atoms with van der Waals surface area (Å²) in [4.78, 5) is 38.9. The normalized spacial score (nSPS) is 25.4. The molecule has 0 radical (unpaired) electrons. The third-order valence-corrected chi connectivity index (χ3v) is 8.33. The van der Waals surface area contributed by atoms with Crippen molar-refractivity contribution in [2.24, 2.45) is 17.8 Å². The number of carbonyl (C=O) groups excluding carboxylic acids is 3. The van der Waals surface area contributed by atoms with E-state index in [0.29, 0.717) is 40.3 Å². The van der Waals surface area contributed by atoms with Gasteiger partial charge in [-0.2, -0.15) is 4.90 Å². The molecular formula is C27H32INO8. The minimum Gasteiger partial charge on any atom is -0.504 e. The van der Waals surface area contributed by atoms with Gasteiger partial charge in [0.15, 0.2) is 11.5 Å². The van der Waals surface area contributed by atoms with Crippen LogP contribution in [0.15, 0.2) is 28.9 Å². The number of benzene rings is 1. The number of likely N-dealkylation sites (tertiary alicyclic amines) is 1. The van der Waals surface area contributed by atoms with Crippen molar-refractivity contribution >= 4 is 46.6 Å². The number of hydrogen-bond donors (Lipinski definition) is 1. The standard InChI is InChI=1S/C27H32INO8/c1-5-14(8-15-9-19(28)24(30)21(10-15)35-3)6-7-20-22-16(12-34-2)11-17-23(18(22)13-37-20)26(32)29(25(17)31)27(33)36-4/h8-10,17-18,20,23,30H,5-7,11-13H2,1-4H3/b14-8+/t17-,18+,20-,23-/m1/s1. The molecule has 3 amide bonds. The quantitative estimate of drug-likeness (QED) is 0.259. The molecule has 0 bridgehead atoms. The number of phenols is 1. The van der Waals surface area contributed by atoms with E-state index < -0.39 is 29.7 Å². The lowest BCUT2D eigenvalue weighted by molar-refractivity contribution is -0.137. The Bertz CT molecular complexity index is 1160. The van der Waals surface area contributed by atoms with Crippen molar-refractivity contribution < 1.29 is 38.4 Å². The number of amides is 3.